The number of hydrogen-bond acceptors (Lipinski definition) is 4. The molecule has 0 N–H and O–H groups in total. The number of likely N-dealkylation sites (tertiary alicyclic amines) is 1. The van der Waals surface area contributed by atoms with Crippen molar-refractivity contribution in [2.24, 2.45) is 0 Å². The van der Waals surface area contributed by atoms with E-state index in [2.05, 4.69) is 30.1 Å². The number of carbonyl (C=O) groups excluding carboxylic acids is 1. The number of methoxy groups -OCH3 is 1. The Bertz CT molecular complexity index is 1020. The average Bonchev–Trinajstić information content (AvgIpc) is 2.80. The topological polar surface area (TPSA) is 55.3 Å². The van der Waals surface area contributed by atoms with Crippen molar-refractivity contribution in [3.63, 3.8) is 0 Å². The van der Waals surface area contributed by atoms with E-state index in [9.17, 15) is 4.79 Å². The first-order chi connectivity index (χ1) is 14.6. The van der Waals surface area contributed by atoms with Crippen LogP contribution < -0.4 is 4.74 Å². The molecule has 1 aliphatic rings. The zero-order valence-electron chi connectivity index (χ0n) is 17.5. The highest BCUT2D eigenvalue weighted by molar-refractivity contribution is 5.79. The summed E-state index contributed by atoms with van der Waals surface area (Å²) in [7, 11) is 1.64. The zero-order valence-corrected chi connectivity index (χ0v) is 17.5. The second-order valence-corrected chi connectivity index (χ2v) is 7.90. The fraction of sp³-hybridized carbons (Fsp3) is 0.320. The molecule has 4 rings (SSSR count). The molecule has 2 aromatic carbocycles. The van der Waals surface area contributed by atoms with Gasteiger partial charge in [0.2, 0.25) is 5.91 Å². The molecule has 1 atom stereocenters. The molecule has 0 aliphatic carbocycles. The molecule has 1 amide bonds. The van der Waals surface area contributed by atoms with Crippen molar-refractivity contribution in [2.75, 3.05) is 20.2 Å². The standard InChI is InChI=1S/C25H27N3O2/c1-18-5-3-6-20(13-18)23-15-26-16-24(27-23)21-7-4-12-28(17-21)25(29)14-19-8-10-22(30-2)11-9-19/h3,5-6,8-11,13,15-16,21H,4,7,12,14,17H2,1-2H3/t21-/m1/s1. The molecule has 1 aliphatic heterocycles. The normalized spacial score (nSPS) is 16.3. The summed E-state index contributed by atoms with van der Waals surface area (Å²) in [6.45, 7) is 3.58. The molecular weight excluding hydrogens is 374 g/mol. The van der Waals surface area contributed by atoms with Gasteiger partial charge >= 0.3 is 0 Å². The Balaban J connectivity index is 1.45. The Morgan fingerprint density at radius 3 is 2.77 bits per heavy atom. The van der Waals surface area contributed by atoms with E-state index in [1.807, 2.05) is 47.6 Å². The van der Waals surface area contributed by atoms with Gasteiger partial charge in [0.05, 0.1) is 31.1 Å². The van der Waals surface area contributed by atoms with Gasteiger partial charge in [-0.3, -0.25) is 9.78 Å². The highest BCUT2D eigenvalue weighted by atomic mass is 16.5. The number of nitrogens with zero attached hydrogens (tertiary/aromatic N) is 3. The molecule has 5 nitrogen and oxygen atoms in total. The number of amides is 1. The first-order valence-electron chi connectivity index (χ1n) is 10.4. The summed E-state index contributed by atoms with van der Waals surface area (Å²) in [5.41, 5.74) is 5.14. The molecule has 154 valence electrons. The van der Waals surface area contributed by atoms with Crippen LogP contribution in [0.4, 0.5) is 0 Å². The molecule has 30 heavy (non-hydrogen) atoms. The van der Waals surface area contributed by atoms with E-state index in [4.69, 9.17) is 9.72 Å². The van der Waals surface area contributed by atoms with Crippen molar-refractivity contribution in [1.29, 1.82) is 0 Å². The molecule has 0 spiro atoms. The van der Waals surface area contributed by atoms with Gasteiger partial charge < -0.3 is 9.64 Å². The summed E-state index contributed by atoms with van der Waals surface area (Å²) >= 11 is 0. The van der Waals surface area contributed by atoms with Crippen molar-refractivity contribution >= 4 is 5.91 Å². The van der Waals surface area contributed by atoms with Gasteiger partial charge in [0.1, 0.15) is 5.75 Å². The van der Waals surface area contributed by atoms with Crippen LogP contribution in [-0.4, -0.2) is 41.0 Å². The van der Waals surface area contributed by atoms with Gasteiger partial charge in [-0.05, 0) is 43.5 Å². The van der Waals surface area contributed by atoms with E-state index < -0.39 is 0 Å². The van der Waals surface area contributed by atoms with Crippen LogP contribution in [0.5, 0.6) is 5.75 Å². The fourth-order valence-electron chi connectivity index (χ4n) is 4.00. The Kier molecular flexibility index (Phi) is 6.07. The summed E-state index contributed by atoms with van der Waals surface area (Å²) in [6, 6.07) is 16.0. The number of piperidine rings is 1. The van der Waals surface area contributed by atoms with Crippen LogP contribution in [0, 0.1) is 6.92 Å². The number of carbonyl (C=O) groups is 1. The van der Waals surface area contributed by atoms with Gasteiger partial charge in [0.15, 0.2) is 0 Å². The molecule has 1 fully saturated rings. The number of hydrogen-bond donors (Lipinski definition) is 0. The summed E-state index contributed by atoms with van der Waals surface area (Å²) in [4.78, 5) is 24.2. The van der Waals surface area contributed by atoms with Crippen molar-refractivity contribution in [1.82, 2.24) is 14.9 Å². The van der Waals surface area contributed by atoms with E-state index in [0.29, 0.717) is 13.0 Å². The molecule has 1 aromatic heterocycles. The molecule has 1 saturated heterocycles. The van der Waals surface area contributed by atoms with Crippen LogP contribution >= 0.6 is 0 Å². The lowest BCUT2D eigenvalue weighted by Crippen LogP contribution is -2.40. The molecule has 0 bridgehead atoms. The smallest absolute Gasteiger partial charge is 0.227 e. The quantitative estimate of drug-likeness (QED) is 0.635. The number of aryl methyl sites for hydroxylation is 1. The molecular formula is C25H27N3O2. The van der Waals surface area contributed by atoms with Crippen molar-refractivity contribution < 1.29 is 9.53 Å². The zero-order chi connectivity index (χ0) is 20.9. The second kappa shape index (κ2) is 9.08. The average molecular weight is 402 g/mol. The predicted molar refractivity (Wildman–Crippen MR) is 117 cm³/mol. The van der Waals surface area contributed by atoms with Crippen LogP contribution in [0.25, 0.3) is 11.3 Å². The van der Waals surface area contributed by atoms with Crippen LogP contribution in [0.2, 0.25) is 0 Å². The first kappa shape index (κ1) is 20.1. The van der Waals surface area contributed by atoms with Gasteiger partial charge in [-0.15, -0.1) is 0 Å². The monoisotopic (exact) mass is 401 g/mol. The third kappa shape index (κ3) is 4.67. The van der Waals surface area contributed by atoms with Crippen LogP contribution in [-0.2, 0) is 11.2 Å². The fourth-order valence-corrected chi connectivity index (χ4v) is 4.00. The molecule has 2 heterocycles. The van der Waals surface area contributed by atoms with Gasteiger partial charge in [0, 0.05) is 30.8 Å². The van der Waals surface area contributed by atoms with Gasteiger partial charge in [-0.2, -0.15) is 0 Å². The Labute approximate surface area is 177 Å². The van der Waals surface area contributed by atoms with E-state index in [-0.39, 0.29) is 11.8 Å². The maximum atomic E-state index is 12.9. The highest BCUT2D eigenvalue weighted by Crippen LogP contribution is 2.27. The van der Waals surface area contributed by atoms with Gasteiger partial charge in [-0.1, -0.05) is 35.9 Å². The minimum absolute atomic E-state index is 0.160. The number of benzene rings is 2. The number of aromatic nitrogens is 2. The maximum Gasteiger partial charge on any atom is 0.227 e. The van der Waals surface area contributed by atoms with Gasteiger partial charge in [-0.25, -0.2) is 4.98 Å². The minimum Gasteiger partial charge on any atom is -0.497 e. The van der Waals surface area contributed by atoms with Gasteiger partial charge in [0.25, 0.3) is 0 Å². The largest absolute Gasteiger partial charge is 0.497 e. The summed E-state index contributed by atoms with van der Waals surface area (Å²) < 4.78 is 5.19. The summed E-state index contributed by atoms with van der Waals surface area (Å²) in [5, 5.41) is 0. The van der Waals surface area contributed by atoms with E-state index in [1.54, 1.807) is 7.11 Å². The lowest BCUT2D eigenvalue weighted by molar-refractivity contribution is -0.131. The third-order valence-electron chi connectivity index (χ3n) is 5.67. The Hall–Kier alpha value is -3.21. The maximum absolute atomic E-state index is 12.9. The van der Waals surface area contributed by atoms with E-state index >= 15 is 0 Å². The Morgan fingerprint density at radius 1 is 1.17 bits per heavy atom. The first-order valence-corrected chi connectivity index (χ1v) is 10.4. The minimum atomic E-state index is 0.160. The highest BCUT2D eigenvalue weighted by Gasteiger charge is 2.26. The lowest BCUT2D eigenvalue weighted by Gasteiger charge is -2.32. The number of rotatable bonds is 5. The summed E-state index contributed by atoms with van der Waals surface area (Å²) in [6.07, 6.45) is 6.08. The lowest BCUT2D eigenvalue weighted by atomic mass is 9.94. The molecule has 0 unspecified atom stereocenters. The van der Waals surface area contributed by atoms with Crippen LogP contribution in [0.15, 0.2) is 60.9 Å². The molecule has 0 radical (unpaired) electrons. The SMILES string of the molecule is COc1ccc(CC(=O)N2CCC[C@@H](c3cncc(-c4cccc(C)c4)n3)C2)cc1. The second-order valence-electron chi connectivity index (χ2n) is 7.90. The van der Waals surface area contributed by atoms with Crippen molar-refractivity contribution in [3.8, 4) is 17.0 Å². The van der Waals surface area contributed by atoms with Crippen LogP contribution in [0.1, 0.15) is 35.6 Å². The Morgan fingerprint density at radius 2 is 2.00 bits per heavy atom. The summed E-state index contributed by atoms with van der Waals surface area (Å²) in [5.74, 6) is 1.18. The molecule has 3 aromatic rings. The van der Waals surface area contributed by atoms with Crippen molar-refractivity contribution in [2.45, 2.75) is 32.1 Å². The van der Waals surface area contributed by atoms with Crippen molar-refractivity contribution in [3.05, 3.63) is 77.7 Å². The predicted octanol–water partition coefficient (Wildman–Crippen LogP) is 4.41. The van der Waals surface area contributed by atoms with Crippen LogP contribution in [0.3, 0.4) is 0 Å². The third-order valence-corrected chi connectivity index (χ3v) is 5.67. The number of ether oxygens (including phenoxy) is 1. The van der Waals surface area contributed by atoms with E-state index in [0.717, 1.165) is 47.7 Å². The molecule has 5 heteroatoms. The molecule has 0 saturated carbocycles. The van der Waals surface area contributed by atoms with E-state index in [1.165, 1.54) is 5.56 Å².